The molecule has 0 saturated heterocycles. The third kappa shape index (κ3) is 8.93. The first-order valence-corrected chi connectivity index (χ1v) is 0.868. The van der Waals surface area contributed by atoms with E-state index in [2.05, 4.69) is 10.7 Å². The summed E-state index contributed by atoms with van der Waals surface area (Å²) in [6.07, 6.45) is -1.47. The van der Waals surface area contributed by atoms with Gasteiger partial charge in [0.2, 0.25) is 0 Å². The van der Waals surface area contributed by atoms with E-state index in [9.17, 15) is 0 Å². The van der Waals surface area contributed by atoms with Gasteiger partial charge in [-0.05, 0) is 0 Å². The zero-order valence-electron chi connectivity index (χ0n) is 3.05. The molecule has 3 N–H and O–H groups in total. The zero-order chi connectivity index (χ0) is 4.28. The van der Waals surface area contributed by atoms with Gasteiger partial charge in [0.15, 0.2) is 0 Å². The fraction of sp³-hybridized carbons (Fsp3) is 0. The van der Waals surface area contributed by atoms with Crippen molar-refractivity contribution < 1.29 is 14.7 Å². The van der Waals surface area contributed by atoms with Crippen LogP contribution in [0.15, 0.2) is 0 Å². The van der Waals surface area contributed by atoms with E-state index in [1.807, 2.05) is 0 Å². The molecule has 0 atom stereocenters. The fourth-order valence-corrected chi connectivity index (χ4v) is 0. The van der Waals surface area contributed by atoms with Gasteiger partial charge in [-0.3, -0.25) is 0 Å². The quantitative estimate of drug-likeness (QED) is 0.415. The second-order valence-corrected chi connectivity index (χ2v) is 0.384. The van der Waals surface area contributed by atoms with Crippen molar-refractivity contribution in [1.82, 2.24) is 0 Å². The summed E-state index contributed by atoms with van der Waals surface area (Å²) in [6.45, 7) is 0. The number of hydrogen-bond donors (Lipinski definition) is 2. The number of hydrogen-bond acceptors (Lipinski definition) is 3. The average Bonchev–Trinajstić information content (AvgIpc) is 1.38. The number of rotatable bonds is 0. The predicted molar refractivity (Wildman–Crippen MR) is 23.2 cm³/mol. The summed E-state index contributed by atoms with van der Waals surface area (Å²) in [6, 6.07) is 0. The maximum absolute atomic E-state index is 9.02. The molecule has 0 radical (unpaired) electrons. The molecule has 0 bridgehead atoms. The van der Waals surface area contributed by atoms with Crippen molar-refractivity contribution in [3.05, 3.63) is 0 Å². The first kappa shape index (κ1) is 9.45. The number of carbonyl (C=O) groups is 1. The molecule has 0 amide bonds. The normalized spacial score (nSPS) is 5.50. The fourth-order valence-electron chi connectivity index (χ4n) is 0. The van der Waals surface area contributed by atoms with Gasteiger partial charge < -0.3 is 9.94 Å². The van der Waals surface area contributed by atoms with Gasteiger partial charge >= 0.3 is 32.4 Å². The Balaban J connectivity index is 0. The van der Waals surface area contributed by atoms with E-state index in [-0.39, 0.29) is 26.2 Å². The second kappa shape index (κ2) is 5.11. The Bertz CT molecular complexity index is 46.1. The Kier molecular flexibility index (Phi) is 8.05. The van der Waals surface area contributed by atoms with Crippen molar-refractivity contribution >= 4 is 32.4 Å². The summed E-state index contributed by atoms with van der Waals surface area (Å²) in [5.41, 5.74) is 0. The van der Waals surface area contributed by atoms with Crippen LogP contribution in [0.25, 0.3) is 0 Å². The maximum atomic E-state index is 9.02. The molecule has 38 valence electrons. The van der Waals surface area contributed by atoms with Gasteiger partial charge in [0, 0.05) is 0 Å². The summed E-state index contributed by atoms with van der Waals surface area (Å²) in [4.78, 5) is 12.2. The summed E-state index contributed by atoms with van der Waals surface area (Å²) in [5, 5.41) is 7.38. The van der Waals surface area contributed by atoms with Crippen LogP contribution in [0.5, 0.6) is 0 Å². The third-order valence-electron chi connectivity index (χ3n) is 0.101. The molecule has 0 aliphatic carbocycles. The molecular formula is CH6BiNO3. The van der Waals surface area contributed by atoms with Crippen molar-refractivity contribution in [2.75, 3.05) is 0 Å². The van der Waals surface area contributed by atoms with E-state index in [1.165, 1.54) is 0 Å². The SMILES string of the molecule is NOC(=O)O.[BiH3]. The molecule has 0 spiro atoms. The van der Waals surface area contributed by atoms with Gasteiger partial charge in [0.1, 0.15) is 0 Å². The van der Waals surface area contributed by atoms with E-state index in [0.29, 0.717) is 0 Å². The monoisotopic (exact) mass is 289 g/mol. The average molecular weight is 289 g/mol. The van der Waals surface area contributed by atoms with Gasteiger partial charge in [-0.1, -0.05) is 0 Å². The molecule has 0 unspecified atom stereocenters. The molecule has 0 aromatic carbocycles. The van der Waals surface area contributed by atoms with Crippen LogP contribution in [0.3, 0.4) is 0 Å². The predicted octanol–water partition coefficient (Wildman–Crippen LogP) is -1.63. The molecule has 4 nitrogen and oxygen atoms in total. The van der Waals surface area contributed by atoms with E-state index >= 15 is 0 Å². The molecule has 0 heterocycles. The van der Waals surface area contributed by atoms with Gasteiger partial charge in [0.25, 0.3) is 0 Å². The Hall–Kier alpha value is 0.113. The molecule has 0 aliphatic rings. The number of carboxylic acid groups (broad SMARTS) is 1. The van der Waals surface area contributed by atoms with Crippen LogP contribution >= 0.6 is 0 Å². The van der Waals surface area contributed by atoms with Crippen LogP contribution in [0.4, 0.5) is 4.79 Å². The van der Waals surface area contributed by atoms with Crippen molar-refractivity contribution in [3.63, 3.8) is 0 Å². The van der Waals surface area contributed by atoms with Crippen LogP contribution < -0.4 is 5.90 Å². The second-order valence-electron chi connectivity index (χ2n) is 0.384. The third-order valence-corrected chi connectivity index (χ3v) is 0.101. The summed E-state index contributed by atoms with van der Waals surface area (Å²) in [7, 11) is 0. The van der Waals surface area contributed by atoms with Crippen molar-refractivity contribution in [2.24, 2.45) is 5.90 Å². The summed E-state index contributed by atoms with van der Waals surface area (Å²) >= 11 is 0. The first-order valence-electron chi connectivity index (χ1n) is 0.868. The summed E-state index contributed by atoms with van der Waals surface area (Å²) in [5.74, 6) is 4.07. The molecule has 0 rings (SSSR count). The zero-order valence-corrected chi connectivity index (χ0v) is 8.55. The van der Waals surface area contributed by atoms with E-state index in [0.717, 1.165) is 0 Å². The van der Waals surface area contributed by atoms with Crippen molar-refractivity contribution in [3.8, 4) is 0 Å². The van der Waals surface area contributed by atoms with Gasteiger partial charge in [0.05, 0.1) is 0 Å². The molecule has 0 aromatic rings. The van der Waals surface area contributed by atoms with Gasteiger partial charge in [-0.15, -0.1) is 0 Å². The molecule has 0 fully saturated rings. The van der Waals surface area contributed by atoms with Crippen LogP contribution in [-0.4, -0.2) is 37.5 Å². The van der Waals surface area contributed by atoms with Gasteiger partial charge in [-0.2, -0.15) is 5.90 Å². The van der Waals surface area contributed by atoms with Crippen molar-refractivity contribution in [2.45, 2.75) is 0 Å². The minimum absolute atomic E-state index is 0. The first-order chi connectivity index (χ1) is 2.27. The molecule has 0 saturated carbocycles. The Morgan fingerprint density at radius 3 is 2.00 bits per heavy atom. The topological polar surface area (TPSA) is 72.5 Å². The molecule has 0 aromatic heterocycles. The molecule has 0 aliphatic heterocycles. The van der Waals surface area contributed by atoms with Crippen LogP contribution in [0.2, 0.25) is 0 Å². The molecule has 6 heavy (non-hydrogen) atoms. The van der Waals surface area contributed by atoms with E-state index in [1.54, 1.807) is 0 Å². The Morgan fingerprint density at radius 2 is 2.00 bits per heavy atom. The standard InChI is InChI=1S/CH3NO3.Bi.3H/c2-5-1(3)4;;;;/h2H2,(H,3,4);;;;. The van der Waals surface area contributed by atoms with E-state index in [4.69, 9.17) is 9.90 Å². The van der Waals surface area contributed by atoms with Gasteiger partial charge in [-0.25, -0.2) is 4.79 Å². The van der Waals surface area contributed by atoms with Crippen LogP contribution in [0, 0.1) is 0 Å². The summed E-state index contributed by atoms with van der Waals surface area (Å²) < 4.78 is 0. The van der Waals surface area contributed by atoms with Crippen LogP contribution in [-0.2, 0) is 4.84 Å². The minimum atomic E-state index is -1.47. The number of nitrogens with two attached hydrogens (primary N) is 1. The molecule has 5 heteroatoms. The Labute approximate surface area is 53.4 Å². The van der Waals surface area contributed by atoms with Crippen LogP contribution in [0.1, 0.15) is 0 Å². The molecular weight excluding hydrogens is 283 g/mol. The van der Waals surface area contributed by atoms with E-state index < -0.39 is 6.16 Å². The Morgan fingerprint density at radius 1 is 1.83 bits per heavy atom. The van der Waals surface area contributed by atoms with Crippen molar-refractivity contribution in [1.29, 1.82) is 0 Å².